The fourth-order valence-electron chi connectivity index (χ4n) is 3.13. The Hall–Kier alpha value is -1.34. The van der Waals surface area contributed by atoms with Crippen LogP contribution in [0, 0.1) is 6.92 Å². The van der Waals surface area contributed by atoms with Crippen LogP contribution in [0.25, 0.3) is 0 Å². The Morgan fingerprint density at radius 3 is 2.32 bits per heavy atom. The first-order chi connectivity index (χ1) is 10.5. The van der Waals surface area contributed by atoms with E-state index < -0.39 is 0 Å². The maximum Gasteiger partial charge on any atom is 0.0602 e. The summed E-state index contributed by atoms with van der Waals surface area (Å²) in [7, 11) is 1.00. The SMILES string of the molecule is CO.Cc1cc(N2C(C(C)N)CCC2C(N)CO)ccc1N. The van der Waals surface area contributed by atoms with Crippen molar-refractivity contribution >= 4 is 11.4 Å². The highest BCUT2D eigenvalue weighted by Gasteiger charge is 2.38. The molecule has 0 saturated carbocycles. The number of hydrogen-bond acceptors (Lipinski definition) is 6. The average molecular weight is 310 g/mol. The van der Waals surface area contributed by atoms with E-state index in [0.717, 1.165) is 36.9 Å². The number of rotatable bonds is 4. The number of nitrogens with two attached hydrogens (primary N) is 3. The van der Waals surface area contributed by atoms with E-state index in [1.54, 1.807) is 0 Å². The van der Waals surface area contributed by atoms with Crippen LogP contribution >= 0.6 is 0 Å². The predicted molar refractivity (Wildman–Crippen MR) is 91.7 cm³/mol. The van der Waals surface area contributed by atoms with Crippen molar-refractivity contribution in [3.8, 4) is 0 Å². The second kappa shape index (κ2) is 8.33. The van der Waals surface area contributed by atoms with Crippen molar-refractivity contribution in [2.75, 3.05) is 24.4 Å². The highest BCUT2D eigenvalue weighted by atomic mass is 16.3. The zero-order valence-electron chi connectivity index (χ0n) is 13.7. The molecule has 0 aliphatic carbocycles. The number of anilines is 2. The monoisotopic (exact) mass is 310 g/mol. The number of nitrogens with zero attached hydrogens (tertiary/aromatic N) is 1. The third kappa shape index (κ3) is 3.89. The maximum atomic E-state index is 9.38. The van der Waals surface area contributed by atoms with E-state index in [0.29, 0.717) is 0 Å². The number of nitrogen functional groups attached to an aromatic ring is 1. The summed E-state index contributed by atoms with van der Waals surface area (Å²) in [5.74, 6) is 0. The van der Waals surface area contributed by atoms with E-state index >= 15 is 0 Å². The van der Waals surface area contributed by atoms with E-state index in [2.05, 4.69) is 11.0 Å². The van der Waals surface area contributed by atoms with Gasteiger partial charge in [-0.15, -0.1) is 0 Å². The Morgan fingerprint density at radius 2 is 1.82 bits per heavy atom. The van der Waals surface area contributed by atoms with Gasteiger partial charge >= 0.3 is 0 Å². The Morgan fingerprint density at radius 1 is 1.23 bits per heavy atom. The van der Waals surface area contributed by atoms with Crippen LogP contribution in [0.15, 0.2) is 18.2 Å². The molecule has 1 aliphatic rings. The molecule has 0 amide bonds. The quantitative estimate of drug-likeness (QED) is 0.506. The fourth-order valence-corrected chi connectivity index (χ4v) is 3.13. The normalized spacial score (nSPS) is 23.7. The van der Waals surface area contributed by atoms with E-state index in [-0.39, 0.29) is 30.8 Å². The van der Waals surface area contributed by atoms with Gasteiger partial charge in [0.2, 0.25) is 0 Å². The second-order valence-electron chi connectivity index (χ2n) is 5.87. The van der Waals surface area contributed by atoms with Crippen molar-refractivity contribution in [2.45, 2.75) is 50.9 Å². The van der Waals surface area contributed by atoms with Gasteiger partial charge in [-0.1, -0.05) is 0 Å². The van der Waals surface area contributed by atoms with Crippen molar-refractivity contribution < 1.29 is 10.2 Å². The summed E-state index contributed by atoms with van der Waals surface area (Å²) in [6, 6.07) is 6.19. The van der Waals surface area contributed by atoms with Crippen LogP contribution < -0.4 is 22.1 Å². The minimum atomic E-state index is -0.253. The lowest BCUT2D eigenvalue weighted by Gasteiger charge is -2.37. The van der Waals surface area contributed by atoms with Crippen LogP contribution in [0.3, 0.4) is 0 Å². The van der Waals surface area contributed by atoms with Gasteiger partial charge in [0.15, 0.2) is 0 Å². The minimum absolute atomic E-state index is 0.0131. The number of aliphatic hydroxyl groups excluding tert-OH is 2. The summed E-state index contributed by atoms with van der Waals surface area (Å²) in [6.45, 7) is 4.01. The molecule has 0 bridgehead atoms. The van der Waals surface area contributed by atoms with E-state index in [1.807, 2.05) is 26.0 Å². The second-order valence-corrected chi connectivity index (χ2v) is 5.87. The van der Waals surface area contributed by atoms with E-state index in [9.17, 15) is 5.11 Å². The molecule has 6 heteroatoms. The van der Waals surface area contributed by atoms with E-state index in [4.69, 9.17) is 22.3 Å². The molecule has 4 unspecified atom stereocenters. The molecule has 0 spiro atoms. The largest absolute Gasteiger partial charge is 0.400 e. The van der Waals surface area contributed by atoms with Crippen LogP contribution in [-0.4, -0.2) is 48.1 Å². The van der Waals surface area contributed by atoms with Gasteiger partial charge in [0.05, 0.1) is 6.61 Å². The zero-order chi connectivity index (χ0) is 16.9. The lowest BCUT2D eigenvalue weighted by Crippen LogP contribution is -2.52. The number of benzene rings is 1. The minimum Gasteiger partial charge on any atom is -0.400 e. The van der Waals surface area contributed by atoms with Gasteiger partial charge in [-0.3, -0.25) is 0 Å². The van der Waals surface area contributed by atoms with Crippen molar-refractivity contribution in [3.05, 3.63) is 23.8 Å². The Bertz CT molecular complexity index is 467. The highest BCUT2D eigenvalue weighted by molar-refractivity contribution is 5.60. The highest BCUT2D eigenvalue weighted by Crippen LogP contribution is 2.34. The van der Waals surface area contributed by atoms with Gasteiger partial charge < -0.3 is 32.3 Å². The topological polar surface area (TPSA) is 122 Å². The molecule has 1 saturated heterocycles. The molecule has 6 nitrogen and oxygen atoms in total. The number of aliphatic hydroxyl groups is 2. The van der Waals surface area contributed by atoms with Gasteiger partial charge in [0.1, 0.15) is 0 Å². The van der Waals surface area contributed by atoms with Crippen LogP contribution in [0.1, 0.15) is 25.3 Å². The van der Waals surface area contributed by atoms with Crippen LogP contribution in [0.4, 0.5) is 11.4 Å². The smallest absolute Gasteiger partial charge is 0.0602 e. The summed E-state index contributed by atoms with van der Waals surface area (Å²) in [5, 5.41) is 16.4. The van der Waals surface area contributed by atoms with Crippen molar-refractivity contribution in [1.29, 1.82) is 0 Å². The summed E-state index contributed by atoms with van der Waals surface area (Å²) in [4.78, 5) is 2.28. The predicted octanol–water partition coefficient (Wildman–Crippen LogP) is 0.190. The molecule has 0 radical (unpaired) electrons. The molecule has 126 valence electrons. The molecule has 1 aromatic carbocycles. The molecule has 1 fully saturated rings. The molecule has 1 aromatic rings. The lowest BCUT2D eigenvalue weighted by molar-refractivity contribution is 0.248. The standard InChI is InChI=1S/C15H26N4O.CH4O/c1-9-7-11(3-4-12(9)17)19-14(10(2)16)5-6-15(19)13(18)8-20;1-2/h3-4,7,10,13-15,20H,5-6,8,16-18H2,1-2H3;2H,1H3. The molecular weight excluding hydrogens is 280 g/mol. The summed E-state index contributed by atoms with van der Waals surface area (Å²) in [6.07, 6.45) is 1.96. The Kier molecular flexibility index (Phi) is 7.09. The van der Waals surface area contributed by atoms with Gasteiger partial charge in [-0.05, 0) is 50.5 Å². The molecule has 0 aromatic heterocycles. The van der Waals surface area contributed by atoms with Gasteiger partial charge in [0.25, 0.3) is 0 Å². The maximum absolute atomic E-state index is 9.38. The first-order valence-electron chi connectivity index (χ1n) is 7.67. The van der Waals surface area contributed by atoms with Crippen molar-refractivity contribution in [2.24, 2.45) is 11.5 Å². The summed E-state index contributed by atoms with van der Waals surface area (Å²) >= 11 is 0. The van der Waals surface area contributed by atoms with Crippen molar-refractivity contribution in [1.82, 2.24) is 0 Å². The first kappa shape index (κ1) is 18.7. The third-order valence-electron chi connectivity index (χ3n) is 4.34. The molecule has 8 N–H and O–H groups in total. The van der Waals surface area contributed by atoms with Gasteiger partial charge in [0, 0.05) is 42.7 Å². The molecule has 1 aliphatic heterocycles. The van der Waals surface area contributed by atoms with Gasteiger partial charge in [-0.2, -0.15) is 0 Å². The number of aryl methyl sites for hydroxylation is 1. The first-order valence-corrected chi connectivity index (χ1v) is 7.67. The summed E-state index contributed by atoms with van der Waals surface area (Å²) < 4.78 is 0. The van der Waals surface area contributed by atoms with Crippen LogP contribution in [0.2, 0.25) is 0 Å². The Labute approximate surface area is 132 Å². The van der Waals surface area contributed by atoms with Crippen molar-refractivity contribution in [3.63, 3.8) is 0 Å². The molecule has 1 heterocycles. The van der Waals surface area contributed by atoms with E-state index in [1.165, 1.54) is 0 Å². The van der Waals surface area contributed by atoms with Gasteiger partial charge in [-0.25, -0.2) is 0 Å². The molecule has 2 rings (SSSR count). The number of hydrogen-bond donors (Lipinski definition) is 5. The molecular formula is C16H30N4O2. The lowest BCUT2D eigenvalue weighted by atomic mass is 10.1. The third-order valence-corrected chi connectivity index (χ3v) is 4.34. The fraction of sp³-hybridized carbons (Fsp3) is 0.625. The average Bonchev–Trinajstić information content (AvgIpc) is 2.96. The molecule has 4 atom stereocenters. The Balaban J connectivity index is 0.00000116. The van der Waals surface area contributed by atoms with Crippen LogP contribution in [0.5, 0.6) is 0 Å². The van der Waals surface area contributed by atoms with Crippen LogP contribution in [-0.2, 0) is 0 Å². The molecule has 22 heavy (non-hydrogen) atoms. The zero-order valence-corrected chi connectivity index (χ0v) is 13.7. The summed E-state index contributed by atoms with van der Waals surface area (Å²) in [5.41, 5.74) is 21.0.